The fourth-order valence-corrected chi connectivity index (χ4v) is 3.12. The number of methoxy groups -OCH3 is 1. The highest BCUT2D eigenvalue weighted by atomic mass is 127. The van der Waals surface area contributed by atoms with Crippen LogP contribution in [0.5, 0.6) is 5.75 Å². The van der Waals surface area contributed by atoms with Gasteiger partial charge in [0.2, 0.25) is 0 Å². The highest BCUT2D eigenvalue weighted by Crippen LogP contribution is 2.27. The monoisotopic (exact) mass is 470 g/mol. The molecule has 26 heavy (non-hydrogen) atoms. The molecule has 7 heteroatoms. The molecule has 1 aliphatic rings. The minimum absolute atomic E-state index is 0. The van der Waals surface area contributed by atoms with Gasteiger partial charge in [-0.15, -0.1) is 24.0 Å². The molecule has 3 N–H and O–H groups in total. The van der Waals surface area contributed by atoms with Gasteiger partial charge < -0.3 is 20.2 Å². The van der Waals surface area contributed by atoms with Crippen LogP contribution in [0.4, 0.5) is 5.69 Å². The van der Waals surface area contributed by atoms with Crippen molar-refractivity contribution in [2.45, 2.75) is 25.8 Å². The zero-order chi connectivity index (χ0) is 17.6. The lowest BCUT2D eigenvalue weighted by Gasteiger charge is -2.24. The molecule has 1 saturated heterocycles. The number of nitrogens with zero attached hydrogens (tertiary/aromatic N) is 2. The van der Waals surface area contributed by atoms with E-state index in [0.29, 0.717) is 12.5 Å². The van der Waals surface area contributed by atoms with Crippen molar-refractivity contribution in [2.75, 3.05) is 32.1 Å². The van der Waals surface area contributed by atoms with Gasteiger partial charge in [-0.25, -0.2) is 0 Å². The second-order valence-corrected chi connectivity index (χ2v) is 6.29. The number of aryl methyl sites for hydroxylation is 1. The average molecular weight is 470 g/mol. The van der Waals surface area contributed by atoms with Gasteiger partial charge in [0.15, 0.2) is 5.96 Å². The predicted octanol–water partition coefficient (Wildman–Crippen LogP) is 3.78. The zero-order valence-electron chi connectivity index (χ0n) is 15.3. The van der Waals surface area contributed by atoms with Crippen molar-refractivity contribution in [3.05, 3.63) is 47.9 Å². The van der Waals surface area contributed by atoms with Gasteiger partial charge in [0.1, 0.15) is 17.3 Å². The number of halogens is 1. The maximum Gasteiger partial charge on any atom is 0.193 e. The molecule has 0 bridgehead atoms. The molecule has 0 spiro atoms. The Bertz CT molecular complexity index is 709. The van der Waals surface area contributed by atoms with E-state index in [1.165, 1.54) is 12.8 Å². The van der Waals surface area contributed by atoms with Crippen LogP contribution in [-0.2, 0) is 0 Å². The molecule has 3 rings (SSSR count). The highest BCUT2D eigenvalue weighted by Gasteiger charge is 2.25. The van der Waals surface area contributed by atoms with Gasteiger partial charge in [-0.2, -0.15) is 0 Å². The van der Waals surface area contributed by atoms with E-state index in [1.54, 1.807) is 7.11 Å². The molecule has 2 aromatic rings. The number of furan rings is 1. The maximum atomic E-state index is 6.07. The Morgan fingerprint density at radius 1 is 1.23 bits per heavy atom. The Kier molecular flexibility index (Phi) is 7.77. The van der Waals surface area contributed by atoms with Crippen molar-refractivity contribution in [2.24, 2.45) is 10.7 Å². The lowest BCUT2D eigenvalue weighted by molar-refractivity contribution is 0.219. The summed E-state index contributed by atoms with van der Waals surface area (Å²) in [6.07, 6.45) is 2.44. The number of anilines is 1. The first-order chi connectivity index (χ1) is 12.2. The third kappa shape index (κ3) is 5.38. The zero-order valence-corrected chi connectivity index (χ0v) is 17.6. The Hall–Kier alpha value is -1.74. The number of ether oxygens (including phenoxy) is 1. The minimum Gasteiger partial charge on any atom is -0.497 e. The van der Waals surface area contributed by atoms with Gasteiger partial charge in [0.05, 0.1) is 19.7 Å². The van der Waals surface area contributed by atoms with Crippen molar-refractivity contribution in [1.29, 1.82) is 0 Å². The quantitative estimate of drug-likeness (QED) is 0.382. The smallest absolute Gasteiger partial charge is 0.193 e. The van der Waals surface area contributed by atoms with Crippen molar-refractivity contribution < 1.29 is 9.15 Å². The fourth-order valence-electron chi connectivity index (χ4n) is 3.12. The second-order valence-electron chi connectivity index (χ2n) is 6.29. The molecule has 0 radical (unpaired) electrons. The SMILES string of the molecule is COc1ccc(NC(N)=NCC(c2ccc(C)o2)N2CCCC2)cc1.I. The Labute approximate surface area is 171 Å². The summed E-state index contributed by atoms with van der Waals surface area (Å²) in [5, 5.41) is 3.12. The van der Waals surface area contributed by atoms with Crippen molar-refractivity contribution >= 4 is 35.6 Å². The van der Waals surface area contributed by atoms with Crippen molar-refractivity contribution in [3.8, 4) is 5.75 Å². The van der Waals surface area contributed by atoms with Gasteiger partial charge in [-0.3, -0.25) is 9.89 Å². The maximum absolute atomic E-state index is 6.07. The number of rotatable bonds is 6. The van der Waals surface area contributed by atoms with Gasteiger partial charge in [-0.05, 0) is 69.3 Å². The molecule has 1 atom stereocenters. The molecule has 1 aromatic heterocycles. The van der Waals surface area contributed by atoms with Gasteiger partial charge in [0, 0.05) is 5.69 Å². The van der Waals surface area contributed by atoms with Gasteiger partial charge in [0.25, 0.3) is 0 Å². The lowest BCUT2D eigenvalue weighted by Crippen LogP contribution is -2.30. The van der Waals surface area contributed by atoms with E-state index in [2.05, 4.69) is 15.2 Å². The molecule has 142 valence electrons. The van der Waals surface area contributed by atoms with Crippen LogP contribution in [0.15, 0.2) is 45.8 Å². The Morgan fingerprint density at radius 2 is 1.92 bits per heavy atom. The molecule has 0 aliphatic carbocycles. The number of hydrogen-bond donors (Lipinski definition) is 2. The summed E-state index contributed by atoms with van der Waals surface area (Å²) in [5.41, 5.74) is 6.95. The minimum atomic E-state index is 0. The number of nitrogens with two attached hydrogens (primary N) is 1. The van der Waals surface area contributed by atoms with Crippen molar-refractivity contribution in [1.82, 2.24) is 4.90 Å². The third-order valence-electron chi connectivity index (χ3n) is 4.47. The third-order valence-corrected chi connectivity index (χ3v) is 4.47. The van der Waals surface area contributed by atoms with E-state index in [0.717, 1.165) is 36.0 Å². The first-order valence-corrected chi connectivity index (χ1v) is 8.67. The van der Waals surface area contributed by atoms with E-state index in [4.69, 9.17) is 14.9 Å². The number of benzene rings is 1. The summed E-state index contributed by atoms with van der Waals surface area (Å²) in [6.45, 7) is 4.69. The molecular formula is C19H27IN4O2. The van der Waals surface area contributed by atoms with E-state index in [9.17, 15) is 0 Å². The molecule has 0 amide bonds. The lowest BCUT2D eigenvalue weighted by atomic mass is 10.2. The Balaban J connectivity index is 0.00000243. The topological polar surface area (TPSA) is 76.0 Å². The average Bonchev–Trinajstić information content (AvgIpc) is 3.28. The van der Waals surface area contributed by atoms with Gasteiger partial charge >= 0.3 is 0 Å². The van der Waals surface area contributed by atoms with Crippen LogP contribution < -0.4 is 15.8 Å². The summed E-state index contributed by atoms with van der Waals surface area (Å²) in [4.78, 5) is 6.96. The summed E-state index contributed by atoms with van der Waals surface area (Å²) in [7, 11) is 1.65. The van der Waals surface area contributed by atoms with E-state index in [-0.39, 0.29) is 30.0 Å². The normalized spacial score (nSPS) is 16.2. The molecular weight excluding hydrogens is 443 g/mol. The Morgan fingerprint density at radius 3 is 2.50 bits per heavy atom. The number of aliphatic imine (C=N–C) groups is 1. The summed E-state index contributed by atoms with van der Waals surface area (Å²) < 4.78 is 11.0. The fraction of sp³-hybridized carbons (Fsp3) is 0.421. The largest absolute Gasteiger partial charge is 0.497 e. The first-order valence-electron chi connectivity index (χ1n) is 8.67. The standard InChI is InChI=1S/C19H26N4O2.HI/c1-14-5-10-18(25-14)17(23-11-3-4-12-23)13-21-19(20)22-15-6-8-16(24-2)9-7-15;/h5-10,17H,3-4,11-13H2,1-2H3,(H3,20,21,22);1H. The van der Waals surface area contributed by atoms with Crippen LogP contribution in [0.3, 0.4) is 0 Å². The van der Waals surface area contributed by atoms with Crippen LogP contribution >= 0.6 is 24.0 Å². The van der Waals surface area contributed by atoms with E-state index >= 15 is 0 Å². The molecule has 1 unspecified atom stereocenters. The van der Waals surface area contributed by atoms with Gasteiger partial charge in [-0.1, -0.05) is 0 Å². The molecule has 1 aliphatic heterocycles. The van der Waals surface area contributed by atoms with E-state index < -0.39 is 0 Å². The first kappa shape index (κ1) is 20.6. The predicted molar refractivity (Wildman–Crippen MR) is 116 cm³/mol. The van der Waals surface area contributed by atoms with Crippen LogP contribution in [0.2, 0.25) is 0 Å². The number of nitrogens with one attached hydrogen (secondary N) is 1. The van der Waals surface area contributed by atoms with E-state index in [1.807, 2.05) is 43.3 Å². The molecule has 1 fully saturated rings. The number of likely N-dealkylation sites (tertiary alicyclic amines) is 1. The molecule has 2 heterocycles. The summed E-state index contributed by atoms with van der Waals surface area (Å²) in [6, 6.07) is 11.8. The second kappa shape index (κ2) is 9.82. The molecule has 6 nitrogen and oxygen atoms in total. The summed E-state index contributed by atoms with van der Waals surface area (Å²) >= 11 is 0. The summed E-state index contributed by atoms with van der Waals surface area (Å²) in [5.74, 6) is 3.09. The van der Waals surface area contributed by atoms with Crippen LogP contribution in [0.25, 0.3) is 0 Å². The number of guanidine groups is 1. The number of hydrogen-bond acceptors (Lipinski definition) is 4. The molecule has 1 aromatic carbocycles. The van der Waals surface area contributed by atoms with Crippen LogP contribution in [0.1, 0.15) is 30.4 Å². The highest BCUT2D eigenvalue weighted by molar-refractivity contribution is 14.0. The van der Waals surface area contributed by atoms with Crippen molar-refractivity contribution in [3.63, 3.8) is 0 Å². The van der Waals surface area contributed by atoms with Crippen LogP contribution in [-0.4, -0.2) is 37.6 Å². The molecule has 0 saturated carbocycles. The van der Waals surface area contributed by atoms with Crippen LogP contribution in [0, 0.1) is 6.92 Å².